The lowest BCUT2D eigenvalue weighted by molar-refractivity contribution is 0.0702. The normalized spacial score (nSPS) is 11.7. The molecule has 1 N–H and O–H groups in total. The third-order valence-electron chi connectivity index (χ3n) is 2.57. The summed E-state index contributed by atoms with van der Waals surface area (Å²) in [5.41, 5.74) is 0.619. The van der Waals surface area contributed by atoms with E-state index in [2.05, 4.69) is 4.98 Å². The van der Waals surface area contributed by atoms with E-state index in [9.17, 15) is 13.2 Å². The van der Waals surface area contributed by atoms with E-state index >= 15 is 0 Å². The summed E-state index contributed by atoms with van der Waals surface area (Å²) in [6.45, 7) is 0.128. The Morgan fingerprint density at radius 3 is 2.65 bits per heavy atom. The number of aromatic nitrogens is 1. The number of aromatic carboxylic acids is 1. The van der Waals surface area contributed by atoms with E-state index in [0.29, 0.717) is 5.69 Å². The van der Waals surface area contributed by atoms with E-state index in [-0.39, 0.29) is 15.6 Å². The van der Waals surface area contributed by atoms with Gasteiger partial charge in [0, 0.05) is 13.2 Å². The summed E-state index contributed by atoms with van der Waals surface area (Å²) < 4.78 is 25.7. The smallest absolute Gasteiger partial charge is 0.345 e. The summed E-state index contributed by atoms with van der Waals surface area (Å²) in [5, 5.41) is 8.83. The fraction of sp³-hybridized carbons (Fsp3) is 0.167. The van der Waals surface area contributed by atoms with E-state index in [1.54, 1.807) is 24.4 Å². The first-order valence-corrected chi connectivity index (χ1v) is 7.86. The van der Waals surface area contributed by atoms with E-state index in [4.69, 9.17) is 5.11 Å². The Labute approximate surface area is 120 Å². The van der Waals surface area contributed by atoms with Gasteiger partial charge in [-0.15, -0.1) is 11.3 Å². The molecule has 8 heteroatoms. The summed E-state index contributed by atoms with van der Waals surface area (Å²) in [6, 6.07) is 7.84. The first-order valence-electron chi connectivity index (χ1n) is 5.60. The summed E-state index contributed by atoms with van der Waals surface area (Å²) in [7, 11) is -2.27. The Bertz CT molecular complexity index is 710. The minimum Gasteiger partial charge on any atom is -0.477 e. The highest BCUT2D eigenvalue weighted by atomic mass is 32.2. The van der Waals surface area contributed by atoms with Crippen LogP contribution in [0.3, 0.4) is 0 Å². The molecule has 0 saturated carbocycles. The number of pyridine rings is 1. The lowest BCUT2D eigenvalue weighted by Crippen LogP contribution is -2.26. The molecule has 0 aliphatic carbocycles. The van der Waals surface area contributed by atoms with Crippen LogP contribution in [0.2, 0.25) is 0 Å². The summed E-state index contributed by atoms with van der Waals surface area (Å²) in [5.74, 6) is -1.14. The topological polar surface area (TPSA) is 87.6 Å². The molecule has 0 radical (unpaired) electrons. The molecule has 2 rings (SSSR count). The molecule has 0 spiro atoms. The van der Waals surface area contributed by atoms with Gasteiger partial charge >= 0.3 is 5.97 Å². The average molecular weight is 312 g/mol. The van der Waals surface area contributed by atoms with Gasteiger partial charge in [-0.25, -0.2) is 13.2 Å². The van der Waals surface area contributed by atoms with Crippen molar-refractivity contribution in [2.75, 3.05) is 7.05 Å². The number of carbonyl (C=O) groups is 1. The second-order valence-corrected chi connectivity index (χ2v) is 7.36. The molecule has 20 heavy (non-hydrogen) atoms. The van der Waals surface area contributed by atoms with Crippen molar-refractivity contribution in [2.24, 2.45) is 0 Å². The van der Waals surface area contributed by atoms with Gasteiger partial charge in [-0.3, -0.25) is 4.98 Å². The second-order valence-electron chi connectivity index (χ2n) is 4.01. The van der Waals surface area contributed by atoms with Crippen LogP contribution in [0.5, 0.6) is 0 Å². The number of sulfonamides is 1. The van der Waals surface area contributed by atoms with E-state index in [1.165, 1.54) is 19.2 Å². The number of carboxylic acids is 1. The van der Waals surface area contributed by atoms with Crippen molar-refractivity contribution in [1.82, 2.24) is 9.29 Å². The molecule has 0 aromatic carbocycles. The largest absolute Gasteiger partial charge is 0.477 e. The predicted molar refractivity (Wildman–Crippen MR) is 74.2 cm³/mol. The van der Waals surface area contributed by atoms with Crippen molar-refractivity contribution < 1.29 is 18.3 Å². The molecule has 0 fully saturated rings. The molecular weight excluding hydrogens is 300 g/mol. The molecule has 0 aliphatic rings. The Hall–Kier alpha value is -1.77. The van der Waals surface area contributed by atoms with E-state index in [0.717, 1.165) is 15.6 Å². The van der Waals surface area contributed by atoms with Gasteiger partial charge in [-0.2, -0.15) is 4.31 Å². The van der Waals surface area contributed by atoms with Gasteiger partial charge in [0.1, 0.15) is 9.09 Å². The van der Waals surface area contributed by atoms with Gasteiger partial charge in [0.05, 0.1) is 12.2 Å². The number of hydrogen-bond donors (Lipinski definition) is 1. The lowest BCUT2D eigenvalue weighted by atomic mass is 10.3. The van der Waals surface area contributed by atoms with Gasteiger partial charge in [0.15, 0.2) is 0 Å². The predicted octanol–water partition coefficient (Wildman–Crippen LogP) is 1.66. The maximum Gasteiger partial charge on any atom is 0.345 e. The van der Waals surface area contributed by atoms with Crippen molar-refractivity contribution in [3.63, 3.8) is 0 Å². The molecule has 0 amide bonds. The number of carboxylic acid groups (broad SMARTS) is 1. The third kappa shape index (κ3) is 3.03. The number of rotatable bonds is 5. The molecule has 0 bridgehead atoms. The second kappa shape index (κ2) is 5.70. The molecule has 0 aliphatic heterocycles. The molecular formula is C12H12N2O4S2. The van der Waals surface area contributed by atoms with Crippen LogP contribution >= 0.6 is 11.3 Å². The van der Waals surface area contributed by atoms with Crippen LogP contribution in [0.15, 0.2) is 40.7 Å². The fourth-order valence-electron chi connectivity index (χ4n) is 1.53. The van der Waals surface area contributed by atoms with Crippen LogP contribution < -0.4 is 0 Å². The van der Waals surface area contributed by atoms with Crippen molar-refractivity contribution in [3.05, 3.63) is 47.1 Å². The SMILES string of the molecule is CN(Cc1ccccn1)S(=O)(=O)c1ccc(C(=O)O)s1. The zero-order chi connectivity index (χ0) is 14.8. The first kappa shape index (κ1) is 14.6. The Balaban J connectivity index is 2.23. The third-order valence-corrected chi connectivity index (χ3v) is 5.91. The Kier molecular flexibility index (Phi) is 4.17. The van der Waals surface area contributed by atoms with Gasteiger partial charge in [0.2, 0.25) is 0 Å². The number of thiophene rings is 1. The molecule has 0 unspecified atom stereocenters. The molecule has 106 valence electrons. The van der Waals surface area contributed by atoms with E-state index in [1.807, 2.05) is 0 Å². The summed E-state index contributed by atoms with van der Waals surface area (Å²) in [6.07, 6.45) is 1.59. The van der Waals surface area contributed by atoms with Crippen LogP contribution in [0.4, 0.5) is 0 Å². The van der Waals surface area contributed by atoms with Crippen LogP contribution in [-0.2, 0) is 16.6 Å². The average Bonchev–Trinajstić information content (AvgIpc) is 2.90. The Morgan fingerprint density at radius 1 is 1.35 bits per heavy atom. The monoisotopic (exact) mass is 312 g/mol. The van der Waals surface area contributed by atoms with Crippen LogP contribution in [0.1, 0.15) is 15.4 Å². The fourth-order valence-corrected chi connectivity index (χ4v) is 4.03. The summed E-state index contributed by atoms with van der Waals surface area (Å²) >= 11 is 0.737. The minimum atomic E-state index is -3.70. The van der Waals surface area contributed by atoms with Crippen LogP contribution in [0.25, 0.3) is 0 Å². The van der Waals surface area contributed by atoms with Gasteiger partial charge in [0.25, 0.3) is 10.0 Å². The van der Waals surface area contributed by atoms with Crippen molar-refractivity contribution >= 4 is 27.3 Å². The molecule has 2 heterocycles. The van der Waals surface area contributed by atoms with Gasteiger partial charge < -0.3 is 5.11 Å². The standard InChI is InChI=1S/C12H12N2O4S2/c1-14(8-9-4-2-3-7-13-9)20(17,18)11-6-5-10(19-11)12(15)16/h2-7H,8H2,1H3,(H,15,16). The zero-order valence-corrected chi connectivity index (χ0v) is 12.2. The maximum absolute atomic E-state index is 12.3. The maximum atomic E-state index is 12.3. The molecule has 2 aromatic rings. The molecule has 6 nitrogen and oxygen atoms in total. The van der Waals surface area contributed by atoms with Crippen molar-refractivity contribution in [2.45, 2.75) is 10.8 Å². The summed E-state index contributed by atoms with van der Waals surface area (Å²) in [4.78, 5) is 14.9. The number of hydrogen-bond acceptors (Lipinski definition) is 5. The first-order chi connectivity index (χ1) is 9.41. The quantitative estimate of drug-likeness (QED) is 0.907. The van der Waals surface area contributed by atoms with E-state index < -0.39 is 16.0 Å². The molecule has 0 saturated heterocycles. The van der Waals surface area contributed by atoms with Crippen molar-refractivity contribution in [1.29, 1.82) is 0 Å². The lowest BCUT2D eigenvalue weighted by Gasteiger charge is -2.15. The highest BCUT2D eigenvalue weighted by Gasteiger charge is 2.24. The molecule has 0 atom stereocenters. The highest BCUT2D eigenvalue weighted by Crippen LogP contribution is 2.25. The van der Waals surface area contributed by atoms with Gasteiger partial charge in [-0.1, -0.05) is 6.07 Å². The highest BCUT2D eigenvalue weighted by molar-refractivity contribution is 7.91. The minimum absolute atomic E-state index is 0.00480. The Morgan fingerprint density at radius 2 is 2.10 bits per heavy atom. The van der Waals surface area contributed by atoms with Crippen LogP contribution in [0, 0.1) is 0 Å². The van der Waals surface area contributed by atoms with Crippen LogP contribution in [-0.4, -0.2) is 35.8 Å². The number of nitrogens with zero attached hydrogens (tertiary/aromatic N) is 2. The van der Waals surface area contributed by atoms with Gasteiger partial charge in [-0.05, 0) is 24.3 Å². The molecule has 2 aromatic heterocycles. The van der Waals surface area contributed by atoms with Crippen molar-refractivity contribution in [3.8, 4) is 0 Å². The zero-order valence-electron chi connectivity index (χ0n) is 10.6.